The Morgan fingerprint density at radius 3 is 2.76 bits per heavy atom. The number of carbonyl (C=O) groups excluding carboxylic acids is 1. The van der Waals surface area contributed by atoms with E-state index in [-0.39, 0.29) is 11.7 Å². The number of quaternary nitrogens is 1. The molecule has 0 saturated heterocycles. The first-order valence-electron chi connectivity index (χ1n) is 7.16. The molecule has 3 nitrogen and oxygen atoms in total. The zero-order valence-electron chi connectivity index (χ0n) is 11.7. The van der Waals surface area contributed by atoms with Gasteiger partial charge < -0.3 is 10.2 Å². The normalized spacial score (nSPS) is 17.1. The third-order valence-electron chi connectivity index (χ3n) is 3.83. The van der Waals surface area contributed by atoms with E-state index in [1.165, 1.54) is 28.2 Å². The number of benzene rings is 2. The van der Waals surface area contributed by atoms with E-state index in [0.717, 1.165) is 19.5 Å². The Balaban J connectivity index is 1.59. The third-order valence-corrected chi connectivity index (χ3v) is 3.83. The van der Waals surface area contributed by atoms with Crippen molar-refractivity contribution in [1.29, 1.82) is 0 Å². The van der Waals surface area contributed by atoms with Crippen LogP contribution in [-0.2, 0) is 17.8 Å². The number of anilines is 1. The summed E-state index contributed by atoms with van der Waals surface area (Å²) < 4.78 is 13.1. The minimum Gasteiger partial charge on any atom is -0.323 e. The fraction of sp³-hybridized carbons (Fsp3) is 0.235. The highest BCUT2D eigenvalue weighted by Crippen LogP contribution is 2.11. The molecule has 1 amide bonds. The summed E-state index contributed by atoms with van der Waals surface area (Å²) in [4.78, 5) is 13.3. The van der Waals surface area contributed by atoms with E-state index in [2.05, 4.69) is 23.5 Å². The van der Waals surface area contributed by atoms with Gasteiger partial charge in [-0.15, -0.1) is 0 Å². The van der Waals surface area contributed by atoms with Gasteiger partial charge in [0.25, 0.3) is 5.91 Å². The van der Waals surface area contributed by atoms with E-state index in [9.17, 15) is 9.18 Å². The Morgan fingerprint density at radius 2 is 1.95 bits per heavy atom. The van der Waals surface area contributed by atoms with Gasteiger partial charge >= 0.3 is 0 Å². The summed E-state index contributed by atoms with van der Waals surface area (Å²) in [7, 11) is 0. The van der Waals surface area contributed by atoms with Gasteiger partial charge in [0.1, 0.15) is 12.4 Å². The summed E-state index contributed by atoms with van der Waals surface area (Å²) >= 11 is 0. The van der Waals surface area contributed by atoms with Crippen LogP contribution in [0.1, 0.15) is 11.1 Å². The molecule has 1 atom stereocenters. The van der Waals surface area contributed by atoms with Crippen molar-refractivity contribution in [2.75, 3.05) is 18.4 Å². The monoisotopic (exact) mass is 285 g/mol. The first-order valence-corrected chi connectivity index (χ1v) is 7.16. The first-order chi connectivity index (χ1) is 10.2. The smallest absolute Gasteiger partial charge is 0.279 e. The van der Waals surface area contributed by atoms with Gasteiger partial charge in [-0.2, -0.15) is 0 Å². The van der Waals surface area contributed by atoms with Crippen LogP contribution >= 0.6 is 0 Å². The van der Waals surface area contributed by atoms with Gasteiger partial charge in [-0.05, 0) is 23.8 Å². The van der Waals surface area contributed by atoms with E-state index in [4.69, 9.17) is 0 Å². The van der Waals surface area contributed by atoms with Crippen LogP contribution in [0.25, 0.3) is 0 Å². The molecule has 21 heavy (non-hydrogen) atoms. The molecule has 1 unspecified atom stereocenters. The highest BCUT2D eigenvalue weighted by molar-refractivity contribution is 5.91. The molecule has 0 radical (unpaired) electrons. The zero-order valence-corrected chi connectivity index (χ0v) is 11.7. The summed E-state index contributed by atoms with van der Waals surface area (Å²) in [5.74, 6) is -0.415. The van der Waals surface area contributed by atoms with Crippen molar-refractivity contribution in [2.24, 2.45) is 0 Å². The zero-order chi connectivity index (χ0) is 14.7. The van der Waals surface area contributed by atoms with Crippen molar-refractivity contribution < 1.29 is 14.1 Å². The second kappa shape index (κ2) is 6.06. The number of hydrogen-bond acceptors (Lipinski definition) is 1. The number of carbonyl (C=O) groups is 1. The summed E-state index contributed by atoms with van der Waals surface area (Å²) in [6.07, 6.45) is 0.999. The van der Waals surface area contributed by atoms with Crippen LogP contribution in [0.3, 0.4) is 0 Å². The Labute approximate surface area is 123 Å². The van der Waals surface area contributed by atoms with E-state index < -0.39 is 0 Å². The van der Waals surface area contributed by atoms with Crippen molar-refractivity contribution in [3.05, 3.63) is 65.5 Å². The third kappa shape index (κ3) is 3.47. The molecular formula is C17H18FN2O+. The Bertz CT molecular complexity index is 657. The van der Waals surface area contributed by atoms with Crippen LogP contribution < -0.4 is 10.2 Å². The SMILES string of the molecule is O=C(C[NH+]1CCc2ccccc2C1)Nc1cccc(F)c1. The maximum atomic E-state index is 13.1. The van der Waals surface area contributed by atoms with Crippen molar-refractivity contribution in [3.8, 4) is 0 Å². The van der Waals surface area contributed by atoms with Gasteiger partial charge in [0.15, 0.2) is 6.54 Å². The lowest BCUT2D eigenvalue weighted by atomic mass is 10.00. The molecule has 0 bridgehead atoms. The lowest BCUT2D eigenvalue weighted by molar-refractivity contribution is -0.907. The molecule has 0 fully saturated rings. The Morgan fingerprint density at radius 1 is 1.14 bits per heavy atom. The molecule has 0 aromatic heterocycles. The van der Waals surface area contributed by atoms with E-state index >= 15 is 0 Å². The van der Waals surface area contributed by atoms with Crippen LogP contribution in [0.5, 0.6) is 0 Å². The highest BCUT2D eigenvalue weighted by atomic mass is 19.1. The molecule has 1 aliphatic rings. The van der Waals surface area contributed by atoms with Gasteiger partial charge in [-0.3, -0.25) is 4.79 Å². The summed E-state index contributed by atoms with van der Waals surface area (Å²) in [6.45, 7) is 2.23. The van der Waals surface area contributed by atoms with Gasteiger partial charge in [0.05, 0.1) is 6.54 Å². The molecule has 0 saturated carbocycles. The topological polar surface area (TPSA) is 33.5 Å². The molecule has 2 aromatic rings. The average molecular weight is 285 g/mol. The van der Waals surface area contributed by atoms with E-state index in [1.54, 1.807) is 12.1 Å². The maximum Gasteiger partial charge on any atom is 0.279 e. The number of fused-ring (bicyclic) bond motifs is 1. The number of amides is 1. The number of hydrogen-bond donors (Lipinski definition) is 2. The van der Waals surface area contributed by atoms with Crippen LogP contribution in [0.2, 0.25) is 0 Å². The van der Waals surface area contributed by atoms with Gasteiger partial charge in [0.2, 0.25) is 0 Å². The largest absolute Gasteiger partial charge is 0.323 e. The maximum absolute atomic E-state index is 13.1. The lowest BCUT2D eigenvalue weighted by Crippen LogP contribution is -3.12. The summed E-state index contributed by atoms with van der Waals surface area (Å²) in [5.41, 5.74) is 3.21. The summed E-state index contributed by atoms with van der Waals surface area (Å²) in [5, 5.41) is 2.75. The number of nitrogens with one attached hydrogen (secondary N) is 2. The quantitative estimate of drug-likeness (QED) is 0.878. The standard InChI is InChI=1S/C17H17FN2O/c18-15-6-3-7-16(10-15)19-17(21)12-20-9-8-13-4-1-2-5-14(13)11-20/h1-7,10H,8-9,11-12H2,(H,19,21)/p+1. The second-order valence-electron chi connectivity index (χ2n) is 5.43. The molecule has 3 rings (SSSR count). The molecule has 0 aliphatic carbocycles. The van der Waals surface area contributed by atoms with Crippen LogP contribution in [0.4, 0.5) is 10.1 Å². The Kier molecular flexibility index (Phi) is 3.97. The first kappa shape index (κ1) is 13.8. The fourth-order valence-electron chi connectivity index (χ4n) is 2.79. The molecule has 4 heteroatoms. The number of halogens is 1. The molecule has 1 aliphatic heterocycles. The molecular weight excluding hydrogens is 267 g/mol. The second-order valence-corrected chi connectivity index (χ2v) is 5.43. The highest BCUT2D eigenvalue weighted by Gasteiger charge is 2.21. The van der Waals surface area contributed by atoms with E-state index in [0.29, 0.717) is 12.2 Å². The molecule has 0 spiro atoms. The predicted octanol–water partition coefficient (Wildman–Crippen LogP) is 1.41. The minimum atomic E-state index is -0.341. The molecule has 2 N–H and O–H groups in total. The van der Waals surface area contributed by atoms with Gasteiger partial charge in [0, 0.05) is 17.7 Å². The predicted molar refractivity (Wildman–Crippen MR) is 79.6 cm³/mol. The lowest BCUT2D eigenvalue weighted by Gasteiger charge is -2.25. The van der Waals surface area contributed by atoms with Crippen molar-refractivity contribution in [3.63, 3.8) is 0 Å². The van der Waals surface area contributed by atoms with Crippen LogP contribution in [0, 0.1) is 5.82 Å². The number of rotatable bonds is 3. The molecule has 1 heterocycles. The average Bonchev–Trinajstić information content (AvgIpc) is 2.47. The Hall–Kier alpha value is -2.20. The van der Waals surface area contributed by atoms with Crippen molar-refractivity contribution in [1.82, 2.24) is 0 Å². The van der Waals surface area contributed by atoms with E-state index in [1.807, 2.05) is 6.07 Å². The van der Waals surface area contributed by atoms with Gasteiger partial charge in [-0.25, -0.2) is 4.39 Å². The van der Waals surface area contributed by atoms with Crippen molar-refractivity contribution >= 4 is 11.6 Å². The molecule has 2 aromatic carbocycles. The summed E-state index contributed by atoms with van der Waals surface area (Å²) in [6, 6.07) is 14.4. The van der Waals surface area contributed by atoms with Crippen LogP contribution in [-0.4, -0.2) is 19.0 Å². The minimum absolute atomic E-state index is 0.0741. The molecule has 108 valence electrons. The van der Waals surface area contributed by atoms with Crippen molar-refractivity contribution in [2.45, 2.75) is 13.0 Å². The fourth-order valence-corrected chi connectivity index (χ4v) is 2.79. The van der Waals surface area contributed by atoms with Crippen LogP contribution in [0.15, 0.2) is 48.5 Å². The van der Waals surface area contributed by atoms with Gasteiger partial charge in [-0.1, -0.05) is 30.3 Å².